The van der Waals surface area contributed by atoms with E-state index in [1.54, 1.807) is 0 Å². The van der Waals surface area contributed by atoms with Crippen molar-refractivity contribution in [1.82, 2.24) is 9.97 Å². The molecule has 0 unspecified atom stereocenters. The highest BCUT2D eigenvalue weighted by Crippen LogP contribution is 2.41. The van der Waals surface area contributed by atoms with Gasteiger partial charge in [0.05, 0.1) is 45.6 Å². The molecule has 2 aromatic carbocycles. The molecule has 3 aromatic rings. The number of hydrogen-bond donors (Lipinski definition) is 10. The van der Waals surface area contributed by atoms with Crippen LogP contribution in [-0.2, 0) is 20.4 Å². The molecule has 0 fully saturated rings. The van der Waals surface area contributed by atoms with Gasteiger partial charge in [-0.15, -0.1) is 23.5 Å². The number of benzene rings is 2. The molecule has 0 radical (unpaired) electrons. The van der Waals surface area contributed by atoms with Crippen LogP contribution in [0.15, 0.2) is 56.4 Å². The van der Waals surface area contributed by atoms with Gasteiger partial charge in [0.25, 0.3) is 11.8 Å². The minimum absolute atomic E-state index is 0.0553. The van der Waals surface area contributed by atoms with Gasteiger partial charge in [-0.05, 0) is 85.0 Å². The Kier molecular flexibility index (Phi) is 19.9. The molecule has 0 aliphatic carbocycles. The summed E-state index contributed by atoms with van der Waals surface area (Å²) in [4.78, 5) is 72.1. The van der Waals surface area contributed by atoms with Gasteiger partial charge in [0, 0.05) is 30.4 Å². The Morgan fingerprint density at radius 1 is 0.565 bits per heavy atom. The molecule has 20 heteroatoms. The molecule has 0 bridgehead atoms. The molecule has 0 saturated carbocycles. The van der Waals surface area contributed by atoms with Crippen LogP contribution >= 0.6 is 23.5 Å². The maximum Gasteiger partial charge on any atom is 0.274 e. The smallest absolute Gasteiger partial charge is 0.274 e. The summed E-state index contributed by atoms with van der Waals surface area (Å²) in [6, 6.07) is 8.79. The number of amides is 4. The molecule has 0 aliphatic heterocycles. The van der Waals surface area contributed by atoms with Gasteiger partial charge in [0.15, 0.2) is 11.9 Å². The van der Waals surface area contributed by atoms with Crippen LogP contribution in [0.3, 0.4) is 0 Å². The molecular weight excluding hydrogens is 829 g/mol. The second-order valence-corrected chi connectivity index (χ2v) is 18.6. The van der Waals surface area contributed by atoms with Crippen LogP contribution < -0.4 is 55.7 Å². The number of nitrogens with two attached hydrogens (primary N) is 6. The molecule has 0 saturated heterocycles. The molecule has 3 rings (SSSR count). The van der Waals surface area contributed by atoms with Gasteiger partial charge in [-0.2, -0.15) is 0 Å². The average Bonchev–Trinajstić information content (AvgIpc) is 3.18. The molecule has 1 heterocycles. The third-order valence-corrected chi connectivity index (χ3v) is 11.3. The average molecular weight is 893 g/mol. The molecule has 0 aliphatic rings. The van der Waals surface area contributed by atoms with E-state index < -0.39 is 11.8 Å². The summed E-state index contributed by atoms with van der Waals surface area (Å²) in [6.45, 7) is 13.6. The Morgan fingerprint density at radius 2 is 0.919 bits per heavy atom. The van der Waals surface area contributed by atoms with Gasteiger partial charge in [-0.1, -0.05) is 41.5 Å². The molecule has 338 valence electrons. The predicted molar refractivity (Wildman–Crippen MR) is 254 cm³/mol. The standard InChI is InChI=1S/C42H64N14O4S2/c1-41(2,3)25-19-27(53-33(57)11-7-9-13-43)35(61-17-15-49-39(45)46)29(21-25)55-37(59)31-23-32(52-24-51-31)38(60)56-30-22-26(42(4,5)6)20-28(54-34(58)12-8-10-14-44)36(30)62-18-16-50-40(47)48/h19-24H,7-18,43-44H2,1-6H3,(H,53,57)(H,54,58)(H,55,59)(H,56,60)(H4,45,46,49)(H4,47,48,50). The lowest BCUT2D eigenvalue weighted by atomic mass is 9.86. The number of thioether (sulfide) groups is 2. The zero-order valence-electron chi connectivity index (χ0n) is 36.7. The first-order valence-corrected chi connectivity index (χ1v) is 22.4. The quantitative estimate of drug-likeness (QED) is 0.0289. The summed E-state index contributed by atoms with van der Waals surface area (Å²) in [5, 5.41) is 12.0. The molecule has 16 N–H and O–H groups in total. The number of aliphatic imine (C=N–C) groups is 2. The van der Waals surface area contributed by atoms with Gasteiger partial charge < -0.3 is 55.7 Å². The molecule has 0 atom stereocenters. The fourth-order valence-corrected chi connectivity index (χ4v) is 7.55. The summed E-state index contributed by atoms with van der Waals surface area (Å²) in [7, 11) is 0. The van der Waals surface area contributed by atoms with Crippen LogP contribution in [0.5, 0.6) is 0 Å². The van der Waals surface area contributed by atoms with Gasteiger partial charge in [0.1, 0.15) is 17.7 Å². The largest absolute Gasteiger partial charge is 0.370 e. The van der Waals surface area contributed by atoms with Crippen LogP contribution in [-0.4, -0.2) is 83.2 Å². The van der Waals surface area contributed by atoms with Crippen LogP contribution in [0.4, 0.5) is 22.7 Å². The number of hydrogen-bond acceptors (Lipinski definition) is 12. The molecule has 0 spiro atoms. The normalized spacial score (nSPS) is 11.4. The first-order chi connectivity index (χ1) is 29.2. The minimum Gasteiger partial charge on any atom is -0.370 e. The summed E-state index contributed by atoms with van der Waals surface area (Å²) < 4.78 is 0. The monoisotopic (exact) mass is 892 g/mol. The zero-order chi connectivity index (χ0) is 46.0. The van der Waals surface area contributed by atoms with Crippen LogP contribution in [0.25, 0.3) is 0 Å². The number of guanidine groups is 2. The number of anilines is 4. The number of nitrogens with one attached hydrogen (secondary N) is 4. The number of carbonyl (C=O) groups excluding carboxylic acids is 4. The lowest BCUT2D eigenvalue weighted by Gasteiger charge is -2.24. The number of unbranched alkanes of at least 4 members (excludes halogenated alkanes) is 2. The zero-order valence-corrected chi connectivity index (χ0v) is 38.3. The SMILES string of the molecule is CC(C)(C)c1cc(NC(=O)CCCCN)c(SCCN=C(N)N)c(NC(=O)c2cc(C(=O)Nc3cc(C(C)(C)C)cc(NC(=O)CCCCN)c3SCCN=C(N)N)ncn2)c1. The summed E-state index contributed by atoms with van der Waals surface area (Å²) in [5.74, 6) is -0.893. The second-order valence-electron chi connectivity index (χ2n) is 16.4. The van der Waals surface area contributed by atoms with Gasteiger partial charge >= 0.3 is 0 Å². The Hall–Kier alpha value is -5.44. The van der Waals surface area contributed by atoms with Crippen molar-refractivity contribution in [3.8, 4) is 0 Å². The maximum absolute atomic E-state index is 14.1. The van der Waals surface area contributed by atoms with Crippen molar-refractivity contribution in [2.24, 2.45) is 44.4 Å². The lowest BCUT2D eigenvalue weighted by Crippen LogP contribution is -2.23. The van der Waals surface area contributed by atoms with E-state index in [0.29, 0.717) is 82.8 Å². The minimum atomic E-state index is -0.621. The topological polar surface area (TPSA) is 323 Å². The Bertz CT molecular complexity index is 1950. The maximum atomic E-state index is 14.1. The van der Waals surface area contributed by atoms with Crippen LogP contribution in [0.1, 0.15) is 112 Å². The highest BCUT2D eigenvalue weighted by atomic mass is 32.2. The van der Waals surface area contributed by atoms with E-state index in [1.807, 2.05) is 65.8 Å². The second kappa shape index (κ2) is 24.3. The van der Waals surface area contributed by atoms with Crippen molar-refractivity contribution in [3.63, 3.8) is 0 Å². The molecular formula is C42H64N14O4S2. The van der Waals surface area contributed by atoms with Crippen molar-refractivity contribution in [1.29, 1.82) is 0 Å². The third kappa shape index (κ3) is 16.8. The van der Waals surface area contributed by atoms with Gasteiger partial charge in [0.2, 0.25) is 11.8 Å². The van der Waals surface area contributed by atoms with Crippen molar-refractivity contribution >= 4 is 81.8 Å². The fraction of sp³-hybridized carbons (Fsp3) is 0.476. The third-order valence-electron chi connectivity index (χ3n) is 9.07. The van der Waals surface area contributed by atoms with Crippen molar-refractivity contribution in [2.75, 3.05) is 59.0 Å². The summed E-state index contributed by atoms with van der Waals surface area (Å²) in [5.41, 5.74) is 36.2. The van der Waals surface area contributed by atoms with Gasteiger partial charge in [-0.3, -0.25) is 29.2 Å². The first kappa shape index (κ1) is 50.9. The van der Waals surface area contributed by atoms with E-state index in [-0.39, 0.29) is 71.9 Å². The van der Waals surface area contributed by atoms with E-state index in [2.05, 4.69) is 41.2 Å². The molecule has 4 amide bonds. The van der Waals surface area contributed by atoms with E-state index in [4.69, 9.17) is 34.4 Å². The van der Waals surface area contributed by atoms with Crippen molar-refractivity contribution in [2.45, 2.75) is 101 Å². The number of rotatable bonds is 22. The van der Waals surface area contributed by atoms with E-state index in [1.165, 1.54) is 29.6 Å². The Morgan fingerprint density at radius 3 is 1.24 bits per heavy atom. The molecule has 1 aromatic heterocycles. The first-order valence-electron chi connectivity index (χ1n) is 20.4. The molecule has 18 nitrogen and oxygen atoms in total. The van der Waals surface area contributed by atoms with Crippen molar-refractivity contribution < 1.29 is 19.2 Å². The van der Waals surface area contributed by atoms with Crippen LogP contribution in [0, 0.1) is 0 Å². The van der Waals surface area contributed by atoms with E-state index >= 15 is 0 Å². The number of aromatic nitrogens is 2. The van der Waals surface area contributed by atoms with Crippen molar-refractivity contribution in [3.05, 3.63) is 59.2 Å². The van der Waals surface area contributed by atoms with Crippen LogP contribution in [0.2, 0.25) is 0 Å². The Labute approximate surface area is 372 Å². The van der Waals surface area contributed by atoms with E-state index in [9.17, 15) is 19.2 Å². The highest BCUT2D eigenvalue weighted by Gasteiger charge is 2.25. The lowest BCUT2D eigenvalue weighted by molar-refractivity contribution is -0.117. The summed E-state index contributed by atoms with van der Waals surface area (Å²) in [6.07, 6.45) is 4.33. The van der Waals surface area contributed by atoms with Gasteiger partial charge in [-0.25, -0.2) is 9.97 Å². The number of carbonyl (C=O) groups is 4. The fourth-order valence-electron chi connectivity index (χ4n) is 5.71. The highest BCUT2D eigenvalue weighted by molar-refractivity contribution is 7.99. The van der Waals surface area contributed by atoms with E-state index in [0.717, 1.165) is 17.5 Å². The molecule has 62 heavy (non-hydrogen) atoms. The predicted octanol–water partition coefficient (Wildman–Crippen LogP) is 4.44. The Balaban J connectivity index is 2.05. The number of nitrogens with zero attached hydrogens (tertiary/aromatic N) is 4. The summed E-state index contributed by atoms with van der Waals surface area (Å²) >= 11 is 2.71.